The topological polar surface area (TPSA) is 67.8 Å². The number of carbonyl (C=O) groups is 1. The average Bonchev–Trinajstić information content (AvgIpc) is 2.05. The minimum atomic E-state index is -1.02. The van der Waals surface area contributed by atoms with Crippen LogP contribution in [0.4, 0.5) is 0 Å². The lowest BCUT2D eigenvalue weighted by Crippen LogP contribution is -2.78. The van der Waals surface area contributed by atoms with Crippen molar-refractivity contribution < 1.29 is 15.6 Å². The molecule has 3 heteroatoms. The highest BCUT2D eigenvalue weighted by atomic mass is 16.4. The highest BCUT2D eigenvalue weighted by molar-refractivity contribution is 5.73. The number of aliphatic carboxylic acids is 1. The third-order valence-corrected chi connectivity index (χ3v) is 2.96. The maximum Gasteiger partial charge on any atom is 0.132 e. The van der Waals surface area contributed by atoms with E-state index < -0.39 is 11.5 Å². The lowest BCUT2D eigenvalue weighted by molar-refractivity contribution is -0.484. The van der Waals surface area contributed by atoms with Gasteiger partial charge in [0.2, 0.25) is 0 Å². The first kappa shape index (κ1) is 10.5. The molecule has 1 rings (SSSR count). The fourth-order valence-electron chi connectivity index (χ4n) is 2.11. The summed E-state index contributed by atoms with van der Waals surface area (Å²) in [5, 5.41) is 10.7. The summed E-state index contributed by atoms with van der Waals surface area (Å²) in [7, 11) is 0. The van der Waals surface area contributed by atoms with E-state index in [1.54, 1.807) is 6.92 Å². The van der Waals surface area contributed by atoms with Crippen molar-refractivity contribution in [1.82, 2.24) is 0 Å². The van der Waals surface area contributed by atoms with Gasteiger partial charge in [-0.2, -0.15) is 0 Å². The molecule has 0 aromatic heterocycles. The van der Waals surface area contributed by atoms with E-state index in [0.29, 0.717) is 12.3 Å². The molecular weight excluding hydrogens is 166 g/mol. The molecule has 76 valence electrons. The van der Waals surface area contributed by atoms with Gasteiger partial charge >= 0.3 is 0 Å². The Morgan fingerprint density at radius 2 is 2.00 bits per heavy atom. The number of hydrogen-bond donors (Lipinski definition) is 1. The number of quaternary nitrogens is 1. The van der Waals surface area contributed by atoms with Gasteiger partial charge in [0.25, 0.3) is 0 Å². The van der Waals surface area contributed by atoms with Crippen molar-refractivity contribution in [1.29, 1.82) is 0 Å². The van der Waals surface area contributed by atoms with E-state index in [4.69, 9.17) is 0 Å². The Bertz CT molecular complexity index is 183. The van der Waals surface area contributed by atoms with E-state index in [9.17, 15) is 9.90 Å². The summed E-state index contributed by atoms with van der Waals surface area (Å²) >= 11 is 0. The summed E-state index contributed by atoms with van der Waals surface area (Å²) in [5.74, 6) is -0.466. The summed E-state index contributed by atoms with van der Waals surface area (Å²) in [6.07, 6.45) is 6.80. The van der Waals surface area contributed by atoms with Gasteiger partial charge in [-0.25, -0.2) is 0 Å². The van der Waals surface area contributed by atoms with Crippen LogP contribution in [-0.4, -0.2) is 11.5 Å². The molecule has 0 radical (unpaired) electrons. The Morgan fingerprint density at radius 1 is 1.46 bits per heavy atom. The molecule has 13 heavy (non-hydrogen) atoms. The van der Waals surface area contributed by atoms with Gasteiger partial charge < -0.3 is 15.6 Å². The molecule has 0 bridgehead atoms. The molecule has 1 fully saturated rings. The normalized spacial score (nSPS) is 23.8. The SMILES string of the molecule is C[C@@]([NH3+])(CC1CCCCC1)C(=O)[O-]. The van der Waals surface area contributed by atoms with Gasteiger partial charge in [0, 0.05) is 6.42 Å². The second-order valence-electron chi connectivity index (χ2n) is 4.56. The van der Waals surface area contributed by atoms with E-state index in [0.717, 1.165) is 0 Å². The van der Waals surface area contributed by atoms with Crippen LogP contribution in [0.15, 0.2) is 0 Å². The van der Waals surface area contributed by atoms with Gasteiger partial charge in [0.1, 0.15) is 11.5 Å². The lowest BCUT2D eigenvalue weighted by atomic mass is 9.80. The summed E-state index contributed by atoms with van der Waals surface area (Å²) in [6.45, 7) is 1.66. The van der Waals surface area contributed by atoms with Crippen LogP contribution in [0, 0.1) is 5.92 Å². The van der Waals surface area contributed by atoms with Crippen LogP contribution in [0.2, 0.25) is 0 Å². The van der Waals surface area contributed by atoms with E-state index in [1.165, 1.54) is 32.1 Å². The fraction of sp³-hybridized carbons (Fsp3) is 0.900. The Balaban J connectivity index is 2.41. The molecule has 0 amide bonds. The summed E-state index contributed by atoms with van der Waals surface area (Å²) in [4.78, 5) is 10.7. The van der Waals surface area contributed by atoms with Crippen LogP contribution in [0.1, 0.15) is 45.4 Å². The minimum Gasteiger partial charge on any atom is -0.544 e. The van der Waals surface area contributed by atoms with Crippen molar-refractivity contribution in [3.05, 3.63) is 0 Å². The molecule has 0 aromatic carbocycles. The van der Waals surface area contributed by atoms with E-state index >= 15 is 0 Å². The molecule has 0 unspecified atom stereocenters. The van der Waals surface area contributed by atoms with Crippen LogP contribution in [0.5, 0.6) is 0 Å². The molecule has 3 nitrogen and oxygen atoms in total. The molecule has 3 N–H and O–H groups in total. The largest absolute Gasteiger partial charge is 0.544 e. The summed E-state index contributed by atoms with van der Waals surface area (Å²) < 4.78 is 0. The molecular formula is C10H19NO2. The van der Waals surface area contributed by atoms with Crippen molar-refractivity contribution >= 4 is 5.97 Å². The third-order valence-electron chi connectivity index (χ3n) is 2.96. The predicted molar refractivity (Wildman–Crippen MR) is 47.5 cm³/mol. The van der Waals surface area contributed by atoms with E-state index in [2.05, 4.69) is 5.73 Å². The van der Waals surface area contributed by atoms with Crippen molar-refractivity contribution in [3.63, 3.8) is 0 Å². The van der Waals surface area contributed by atoms with Crippen LogP contribution in [0.3, 0.4) is 0 Å². The molecule has 0 aromatic rings. The van der Waals surface area contributed by atoms with Gasteiger partial charge in [-0.05, 0) is 12.8 Å². The Kier molecular flexibility index (Phi) is 3.31. The standard InChI is InChI=1S/C10H19NO2/c1-10(11,9(12)13)7-8-5-3-2-4-6-8/h8H,2-7,11H2,1H3,(H,12,13)/t10-/m1/s1. The maximum atomic E-state index is 10.7. The number of rotatable bonds is 3. The monoisotopic (exact) mass is 185 g/mol. The zero-order valence-corrected chi connectivity index (χ0v) is 8.34. The van der Waals surface area contributed by atoms with Crippen molar-refractivity contribution in [3.8, 4) is 0 Å². The fourth-order valence-corrected chi connectivity index (χ4v) is 2.11. The zero-order valence-electron chi connectivity index (χ0n) is 8.34. The third kappa shape index (κ3) is 2.99. The van der Waals surface area contributed by atoms with Crippen LogP contribution < -0.4 is 10.8 Å². The van der Waals surface area contributed by atoms with Crippen molar-refractivity contribution in [2.45, 2.75) is 51.0 Å². The average molecular weight is 185 g/mol. The number of carboxylic acids is 1. The van der Waals surface area contributed by atoms with Gasteiger partial charge in [-0.15, -0.1) is 0 Å². The van der Waals surface area contributed by atoms with Gasteiger partial charge in [0.15, 0.2) is 0 Å². The highest BCUT2D eigenvalue weighted by Crippen LogP contribution is 2.28. The number of carboxylic acid groups (broad SMARTS) is 1. The second-order valence-corrected chi connectivity index (χ2v) is 4.56. The predicted octanol–water partition coefficient (Wildman–Crippen LogP) is -0.293. The number of hydrogen-bond acceptors (Lipinski definition) is 2. The quantitative estimate of drug-likeness (QED) is 0.656. The molecule has 0 spiro atoms. The first-order valence-electron chi connectivity index (χ1n) is 5.09. The zero-order chi connectivity index (χ0) is 9.90. The summed E-state index contributed by atoms with van der Waals surface area (Å²) in [6, 6.07) is 0. The lowest BCUT2D eigenvalue weighted by Gasteiger charge is -2.29. The van der Waals surface area contributed by atoms with E-state index in [1.807, 2.05) is 0 Å². The molecule has 1 saturated carbocycles. The molecule has 0 heterocycles. The Labute approximate surface area is 79.3 Å². The van der Waals surface area contributed by atoms with Crippen LogP contribution in [-0.2, 0) is 4.79 Å². The molecule has 0 saturated heterocycles. The minimum absolute atomic E-state index is 0.550. The van der Waals surface area contributed by atoms with Gasteiger partial charge in [0.05, 0.1) is 0 Å². The van der Waals surface area contributed by atoms with Gasteiger partial charge in [-0.1, -0.05) is 32.1 Å². The molecule has 0 aliphatic heterocycles. The number of carbonyl (C=O) groups excluding carboxylic acids is 1. The molecule has 1 atom stereocenters. The smallest absolute Gasteiger partial charge is 0.132 e. The maximum absolute atomic E-state index is 10.7. The highest BCUT2D eigenvalue weighted by Gasteiger charge is 2.29. The van der Waals surface area contributed by atoms with Gasteiger partial charge in [-0.3, -0.25) is 0 Å². The van der Waals surface area contributed by atoms with Crippen LogP contribution in [0.25, 0.3) is 0 Å². The van der Waals surface area contributed by atoms with Crippen molar-refractivity contribution in [2.24, 2.45) is 5.92 Å². The Hall–Kier alpha value is -0.570. The first-order chi connectivity index (χ1) is 6.02. The molecule has 1 aliphatic carbocycles. The van der Waals surface area contributed by atoms with E-state index in [-0.39, 0.29) is 0 Å². The molecule has 1 aliphatic rings. The second kappa shape index (κ2) is 4.09. The first-order valence-corrected chi connectivity index (χ1v) is 5.09. The van der Waals surface area contributed by atoms with Crippen LogP contribution >= 0.6 is 0 Å². The Morgan fingerprint density at radius 3 is 2.46 bits per heavy atom. The van der Waals surface area contributed by atoms with Crippen molar-refractivity contribution in [2.75, 3.05) is 0 Å². The summed E-state index contributed by atoms with van der Waals surface area (Å²) in [5.41, 5.74) is 2.81.